The Morgan fingerprint density at radius 2 is 1.11 bits per heavy atom. The molecule has 0 saturated heterocycles. The van der Waals surface area contributed by atoms with Gasteiger partial charge in [-0.05, 0) is 144 Å². The third kappa shape index (κ3) is 6.38. The first-order valence-corrected chi connectivity index (χ1v) is 25.3. The van der Waals surface area contributed by atoms with E-state index in [1.54, 1.807) is 11.1 Å². The van der Waals surface area contributed by atoms with Gasteiger partial charge >= 0.3 is 0 Å². The van der Waals surface area contributed by atoms with E-state index in [0.717, 1.165) is 41.2 Å². The van der Waals surface area contributed by atoms with Gasteiger partial charge in [-0.15, -0.1) is 0 Å². The highest BCUT2D eigenvalue weighted by Gasteiger charge is 2.40. The van der Waals surface area contributed by atoms with Gasteiger partial charge in [-0.1, -0.05) is 161 Å². The molecule has 1 N–H and O–H groups in total. The van der Waals surface area contributed by atoms with Crippen LogP contribution in [-0.2, 0) is 17.3 Å². The summed E-state index contributed by atoms with van der Waals surface area (Å²) < 4.78 is 5.00. The number of amidine groups is 1. The molecular weight excluding hydrogens is 849 g/mol. The van der Waals surface area contributed by atoms with Gasteiger partial charge in [-0.2, -0.15) is 0 Å². The molecule has 2 heterocycles. The zero-order chi connectivity index (χ0) is 47.5. The van der Waals surface area contributed by atoms with Crippen molar-refractivity contribution in [3.63, 3.8) is 0 Å². The van der Waals surface area contributed by atoms with Crippen molar-refractivity contribution in [2.24, 2.45) is 4.99 Å². The Hall–Kier alpha value is -7.69. The monoisotopic (exact) mass is 906 g/mol. The maximum absolute atomic E-state index is 5.72. The van der Waals surface area contributed by atoms with E-state index < -0.39 is 0 Å². The van der Waals surface area contributed by atoms with E-state index >= 15 is 0 Å². The van der Waals surface area contributed by atoms with E-state index in [4.69, 9.17) is 4.99 Å². The topological polar surface area (TPSA) is 34.2 Å². The number of allylic oxidation sites excluding steroid dienone is 2. The summed E-state index contributed by atoms with van der Waals surface area (Å²) in [4.78, 5) is 5.72. The van der Waals surface area contributed by atoms with Crippen LogP contribution in [0.5, 0.6) is 0 Å². The van der Waals surface area contributed by atoms with Gasteiger partial charge < -0.3 is 14.5 Å². The molecule has 3 aliphatic carbocycles. The van der Waals surface area contributed by atoms with E-state index in [9.17, 15) is 0 Å². The molecule has 0 bridgehead atoms. The quantitative estimate of drug-likeness (QED) is 0.120. The predicted octanol–water partition coefficient (Wildman–Crippen LogP) is 16.4. The number of benzene rings is 8. The third-order valence-corrected chi connectivity index (χ3v) is 16.3. The summed E-state index contributed by atoms with van der Waals surface area (Å²) in [5.74, 6) is 0.800. The summed E-state index contributed by atoms with van der Waals surface area (Å²) in [6.45, 7) is 16.5. The maximum Gasteiger partial charge on any atom is 0.135 e. The second-order valence-electron chi connectivity index (χ2n) is 21.1. The second kappa shape index (κ2) is 15.9. The van der Waals surface area contributed by atoms with Crippen LogP contribution in [0.25, 0.3) is 77.4 Å². The summed E-state index contributed by atoms with van der Waals surface area (Å²) >= 11 is 0. The summed E-state index contributed by atoms with van der Waals surface area (Å²) in [5, 5.41) is 8.93. The maximum atomic E-state index is 5.72. The number of aromatic nitrogens is 2. The molecule has 0 radical (unpaired) electrons. The molecular formula is C66H58N4. The average molecular weight is 907 g/mol. The average Bonchev–Trinajstić information content (AvgIpc) is 4.03. The molecule has 3 aliphatic rings. The Morgan fingerprint density at radius 3 is 1.86 bits per heavy atom. The molecule has 0 spiro atoms. The lowest BCUT2D eigenvalue weighted by atomic mass is 9.77. The summed E-state index contributed by atoms with van der Waals surface area (Å²) in [5.41, 5.74) is 22.8. The normalized spacial score (nSPS) is 16.2. The first-order chi connectivity index (χ1) is 34.1. The zero-order valence-electron chi connectivity index (χ0n) is 40.9. The minimum Gasteiger partial charge on any atom is -0.340 e. The molecule has 2 aromatic heterocycles. The zero-order valence-corrected chi connectivity index (χ0v) is 40.9. The first kappa shape index (κ1) is 42.4. The molecule has 70 heavy (non-hydrogen) atoms. The first-order valence-electron chi connectivity index (χ1n) is 25.3. The van der Waals surface area contributed by atoms with Crippen molar-refractivity contribution in [1.29, 1.82) is 0 Å². The fourth-order valence-corrected chi connectivity index (χ4v) is 12.9. The van der Waals surface area contributed by atoms with Crippen molar-refractivity contribution in [1.82, 2.24) is 14.5 Å². The molecule has 0 fully saturated rings. The van der Waals surface area contributed by atoms with Gasteiger partial charge in [0.15, 0.2) is 0 Å². The Kier molecular flexibility index (Phi) is 9.65. The largest absolute Gasteiger partial charge is 0.340 e. The standard InChI is InChI=1S/C66H58N4/c1-41(36-44-24-10-18-32-58(44)69-59-33-19-13-27-47(59)52-37-56-50(39-62(52)69)45-25-11-16-30-54(45)65(56,3)4)67-64(68-42(2)43-22-8-7-9-23-43)49-29-15-21-35-61(49)70-60-34-20-14-28-48(60)53-38-57-51(40-63(53)70)46-26-12-17-31-55(46)66(57,5)6/h7-11,13-16,18-25,27-30,32-35,37-41H,2,12,17,26,31,36H2,1,3-6H3,(H,67,68). The lowest BCUT2D eigenvalue weighted by molar-refractivity contribution is 0.574. The Balaban J connectivity index is 0.957. The van der Waals surface area contributed by atoms with Gasteiger partial charge in [0.1, 0.15) is 5.84 Å². The fourth-order valence-electron chi connectivity index (χ4n) is 12.9. The van der Waals surface area contributed by atoms with E-state index in [-0.39, 0.29) is 16.9 Å². The van der Waals surface area contributed by atoms with Crippen LogP contribution in [0.3, 0.4) is 0 Å². The van der Waals surface area contributed by atoms with Crippen LogP contribution in [0.4, 0.5) is 0 Å². The lowest BCUT2D eigenvalue weighted by Crippen LogP contribution is -2.26. The SMILES string of the molecule is C=C(NC(=NC(C)Cc1ccccc1-n1c2ccccc2c2cc3c(cc21)-c1ccccc1C3(C)C)c1ccccc1-n1c2ccccc2c2cc3c(cc21)C1=C(CCCC1)C3(C)C)c1ccccc1. The smallest absolute Gasteiger partial charge is 0.135 e. The van der Waals surface area contributed by atoms with E-state index in [1.807, 2.05) is 0 Å². The van der Waals surface area contributed by atoms with E-state index in [2.05, 4.69) is 232 Å². The number of nitrogens with zero attached hydrogens (tertiary/aromatic N) is 3. The molecule has 8 aromatic carbocycles. The van der Waals surface area contributed by atoms with Crippen LogP contribution < -0.4 is 5.32 Å². The Labute approximate surface area is 411 Å². The predicted molar refractivity (Wildman–Crippen MR) is 296 cm³/mol. The van der Waals surface area contributed by atoms with Crippen LogP contribution in [0, 0.1) is 0 Å². The minimum atomic E-state index is -0.106. The van der Waals surface area contributed by atoms with Gasteiger partial charge in [0.05, 0.1) is 33.8 Å². The summed E-state index contributed by atoms with van der Waals surface area (Å²) in [6, 6.07) is 64.9. The van der Waals surface area contributed by atoms with Crippen molar-refractivity contribution in [3.8, 4) is 22.5 Å². The molecule has 13 rings (SSSR count). The molecule has 4 heteroatoms. The number of para-hydroxylation sites is 4. The number of nitrogens with one attached hydrogen (secondary N) is 1. The number of hydrogen-bond acceptors (Lipinski definition) is 1. The molecule has 0 saturated carbocycles. The Bertz CT molecular complexity index is 3870. The molecule has 4 nitrogen and oxygen atoms in total. The molecule has 342 valence electrons. The number of fused-ring (bicyclic) bond motifs is 11. The molecule has 10 aromatic rings. The molecule has 1 atom stereocenters. The molecule has 0 amide bonds. The highest BCUT2D eigenvalue weighted by atomic mass is 15.0. The van der Waals surface area contributed by atoms with Crippen LogP contribution in [-0.4, -0.2) is 21.0 Å². The minimum absolute atomic E-state index is 0.0294. The van der Waals surface area contributed by atoms with Crippen LogP contribution >= 0.6 is 0 Å². The van der Waals surface area contributed by atoms with E-state index in [1.165, 1.54) is 108 Å². The number of rotatable bonds is 8. The van der Waals surface area contributed by atoms with Crippen LogP contribution in [0.15, 0.2) is 193 Å². The third-order valence-electron chi connectivity index (χ3n) is 16.3. The van der Waals surface area contributed by atoms with Crippen molar-refractivity contribution < 1.29 is 0 Å². The van der Waals surface area contributed by atoms with Crippen LogP contribution in [0.1, 0.15) is 99.2 Å². The van der Waals surface area contributed by atoms with Crippen molar-refractivity contribution >= 4 is 60.7 Å². The van der Waals surface area contributed by atoms with Crippen molar-refractivity contribution in [2.75, 3.05) is 0 Å². The van der Waals surface area contributed by atoms with Gasteiger partial charge in [-0.3, -0.25) is 4.99 Å². The highest BCUT2D eigenvalue weighted by Crippen LogP contribution is 2.54. The lowest BCUT2D eigenvalue weighted by Gasteiger charge is -2.27. The van der Waals surface area contributed by atoms with Gasteiger partial charge in [0, 0.05) is 49.3 Å². The summed E-state index contributed by atoms with van der Waals surface area (Å²) in [6.07, 6.45) is 5.61. The fraction of sp³-hybridized carbons (Fsp3) is 0.197. The summed E-state index contributed by atoms with van der Waals surface area (Å²) in [7, 11) is 0. The molecule has 0 aliphatic heterocycles. The highest BCUT2D eigenvalue weighted by molar-refractivity contribution is 6.14. The Morgan fingerprint density at radius 1 is 0.543 bits per heavy atom. The molecule has 1 unspecified atom stereocenters. The van der Waals surface area contributed by atoms with Crippen molar-refractivity contribution in [2.45, 2.75) is 83.6 Å². The van der Waals surface area contributed by atoms with E-state index in [0.29, 0.717) is 0 Å². The van der Waals surface area contributed by atoms with Crippen molar-refractivity contribution in [3.05, 3.63) is 227 Å². The van der Waals surface area contributed by atoms with Gasteiger partial charge in [0.2, 0.25) is 0 Å². The van der Waals surface area contributed by atoms with Gasteiger partial charge in [0.25, 0.3) is 0 Å². The number of aliphatic imine (C=N–C) groups is 1. The second-order valence-corrected chi connectivity index (χ2v) is 21.1. The van der Waals surface area contributed by atoms with Crippen LogP contribution in [0.2, 0.25) is 0 Å². The van der Waals surface area contributed by atoms with Gasteiger partial charge in [-0.25, -0.2) is 0 Å². The number of hydrogen-bond donors (Lipinski definition) is 1.